The van der Waals surface area contributed by atoms with Gasteiger partial charge in [0.1, 0.15) is 23.9 Å². The van der Waals surface area contributed by atoms with Crippen molar-refractivity contribution in [1.29, 1.82) is 0 Å². The molecule has 215 valence electrons. The summed E-state index contributed by atoms with van der Waals surface area (Å²) in [5.74, 6) is -3.52. The number of allylic oxidation sites excluding steroid dienone is 1. The molecule has 3 fully saturated rings. The zero-order chi connectivity index (χ0) is 28.7. The minimum absolute atomic E-state index is 0. The third kappa shape index (κ3) is 4.23. The Morgan fingerprint density at radius 2 is 1.73 bits per heavy atom. The zero-order valence-electron chi connectivity index (χ0n) is 23.8. The first-order chi connectivity index (χ1) is 18.1. The molecule has 1 unspecified atom stereocenters. The van der Waals surface area contributed by atoms with Crippen LogP contribution in [0.4, 0.5) is 0 Å². The predicted molar refractivity (Wildman–Crippen MR) is 138 cm³/mol. The normalized spacial score (nSPS) is 41.7. The van der Waals surface area contributed by atoms with Crippen LogP contribution in [-0.4, -0.2) is 75.3 Å². The summed E-state index contributed by atoms with van der Waals surface area (Å²) in [4.78, 5) is 40.5. The summed E-state index contributed by atoms with van der Waals surface area (Å²) < 4.78 is 17.9. The molecule has 0 amide bonds. The molecule has 9 nitrogen and oxygen atoms in total. The number of rotatable bonds is 3. The van der Waals surface area contributed by atoms with Crippen LogP contribution in [-0.2, 0) is 23.8 Å². The van der Waals surface area contributed by atoms with Gasteiger partial charge in [-0.15, -0.1) is 0 Å². The zero-order valence-corrected chi connectivity index (χ0v) is 28.6. The second kappa shape index (κ2) is 10.5. The minimum atomic E-state index is -1.82. The Balaban J connectivity index is 0.00000370. The van der Waals surface area contributed by atoms with E-state index in [1.54, 1.807) is 44.2 Å². The molecule has 9 atom stereocenters. The molecule has 10 heteroatoms. The summed E-state index contributed by atoms with van der Waals surface area (Å²) in [7, 11) is 0. The van der Waals surface area contributed by atoms with E-state index in [0.717, 1.165) is 5.57 Å². The van der Waals surface area contributed by atoms with Gasteiger partial charge in [0.05, 0.1) is 29.6 Å². The maximum absolute atomic E-state index is 14.4. The van der Waals surface area contributed by atoms with Gasteiger partial charge in [0, 0.05) is 62.8 Å². The first kappa shape index (κ1) is 31.8. The number of carbonyl (C=O) groups is 3. The van der Waals surface area contributed by atoms with Gasteiger partial charge in [0.2, 0.25) is 0 Å². The molecule has 1 aliphatic heterocycles. The molecule has 1 aromatic carbocycles. The third-order valence-corrected chi connectivity index (χ3v) is 10.3. The molecule has 0 spiro atoms. The van der Waals surface area contributed by atoms with Crippen LogP contribution in [0.25, 0.3) is 0 Å². The molecule has 5 rings (SSSR count). The van der Waals surface area contributed by atoms with Crippen LogP contribution in [0.2, 0.25) is 0 Å². The predicted octanol–water partition coefficient (Wildman–Crippen LogP) is 2.36. The van der Waals surface area contributed by atoms with Crippen LogP contribution in [0.1, 0.15) is 64.7 Å². The van der Waals surface area contributed by atoms with E-state index in [-0.39, 0.29) is 75.0 Å². The number of Topliss-reactive ketones (excluding diaryl/α,β-unsaturated/α-hetero) is 1. The molecule has 1 radical (unpaired) electrons. The van der Waals surface area contributed by atoms with Gasteiger partial charge in [-0.3, -0.25) is 9.59 Å². The van der Waals surface area contributed by atoms with Crippen LogP contribution in [0, 0.1) is 66.7 Å². The van der Waals surface area contributed by atoms with Gasteiger partial charge in [0.15, 0.2) is 11.4 Å². The maximum Gasteiger partial charge on any atom is 0.338 e. The van der Waals surface area contributed by atoms with Crippen molar-refractivity contribution in [3.63, 3.8) is 0 Å². The van der Waals surface area contributed by atoms with Crippen molar-refractivity contribution in [2.45, 2.75) is 90.0 Å². The molecule has 40 heavy (non-hydrogen) atoms. The fourth-order valence-corrected chi connectivity index (χ4v) is 7.92. The number of benzene rings is 1. The van der Waals surface area contributed by atoms with Gasteiger partial charge in [-0.1, -0.05) is 44.5 Å². The van der Waals surface area contributed by atoms with Gasteiger partial charge in [-0.05, 0) is 43.9 Å². The van der Waals surface area contributed by atoms with E-state index >= 15 is 0 Å². The van der Waals surface area contributed by atoms with E-state index in [9.17, 15) is 29.7 Å². The minimum Gasteiger partial charge on any atom is -0.455 e. The quantitative estimate of drug-likeness (QED) is 0.313. The molecule has 2 bridgehead atoms. The molecule has 1 aromatic rings. The van der Waals surface area contributed by atoms with Gasteiger partial charge in [-0.25, -0.2) is 4.79 Å². The molecule has 1 saturated heterocycles. The first-order valence-corrected chi connectivity index (χ1v) is 13.5. The van der Waals surface area contributed by atoms with Crippen LogP contribution in [0.5, 0.6) is 0 Å². The maximum atomic E-state index is 14.4. The summed E-state index contributed by atoms with van der Waals surface area (Å²) >= 11 is 0. The van der Waals surface area contributed by atoms with E-state index in [1.807, 2.05) is 13.8 Å². The van der Waals surface area contributed by atoms with Crippen molar-refractivity contribution in [2.24, 2.45) is 22.7 Å². The van der Waals surface area contributed by atoms with Gasteiger partial charge in [0.25, 0.3) is 0 Å². The van der Waals surface area contributed by atoms with Gasteiger partial charge >= 0.3 is 11.9 Å². The standard InChI is InChI=1S/C30H38O9.Ac/c1-15-13-30(36)25(38-26(35)18-10-8-7-9-11-18)23-28(6,24(34)22(33)21(16(15)2)27(30,4)5)19(32)12-20-29(23,14-37-20)39-17(3)31;/h7-11,15,19-20,22-23,25,32-33,36H,12-14H2,1-6H3;/t15-,19-,20+,22+,23?,25-,28+,29-,30+;/m0./s1. The van der Waals surface area contributed by atoms with Crippen LogP contribution in [0.3, 0.4) is 0 Å². The molecule has 3 aliphatic carbocycles. The fraction of sp³-hybridized carbons (Fsp3) is 0.633. The van der Waals surface area contributed by atoms with Crippen LogP contribution < -0.4 is 0 Å². The average molecular weight is 770 g/mol. The number of esters is 2. The Bertz CT molecular complexity index is 1240. The largest absolute Gasteiger partial charge is 0.455 e. The number of ketones is 1. The summed E-state index contributed by atoms with van der Waals surface area (Å²) in [6.45, 7) is 9.81. The number of hydrogen-bond acceptors (Lipinski definition) is 9. The molecule has 3 N–H and O–H groups in total. The number of fused-ring (bicyclic) bond motifs is 5. The summed E-state index contributed by atoms with van der Waals surface area (Å²) in [6.07, 6.45) is -5.05. The Labute approximate surface area is 270 Å². The number of ether oxygens (including phenoxy) is 3. The molecule has 0 aromatic heterocycles. The third-order valence-electron chi connectivity index (χ3n) is 10.3. The van der Waals surface area contributed by atoms with E-state index in [1.165, 1.54) is 13.8 Å². The van der Waals surface area contributed by atoms with Crippen LogP contribution in [0.15, 0.2) is 41.5 Å². The molecule has 2 saturated carbocycles. The van der Waals surface area contributed by atoms with Crippen LogP contribution >= 0.6 is 0 Å². The van der Waals surface area contributed by atoms with Crippen molar-refractivity contribution in [1.82, 2.24) is 0 Å². The second-order valence-corrected chi connectivity index (χ2v) is 12.6. The van der Waals surface area contributed by atoms with Crippen molar-refractivity contribution in [3.05, 3.63) is 47.0 Å². The van der Waals surface area contributed by atoms with Gasteiger partial charge < -0.3 is 29.5 Å². The van der Waals surface area contributed by atoms with E-state index in [4.69, 9.17) is 14.2 Å². The Morgan fingerprint density at radius 3 is 2.27 bits per heavy atom. The number of aliphatic hydroxyl groups excluding tert-OH is 2. The monoisotopic (exact) mass is 769 g/mol. The fourth-order valence-electron chi connectivity index (χ4n) is 7.92. The van der Waals surface area contributed by atoms with Crippen molar-refractivity contribution in [3.8, 4) is 0 Å². The van der Waals surface area contributed by atoms with E-state index in [0.29, 0.717) is 5.57 Å². The summed E-state index contributed by atoms with van der Waals surface area (Å²) in [5.41, 5.74) is -4.91. The average Bonchev–Trinajstić information content (AvgIpc) is 2.87. The van der Waals surface area contributed by atoms with Crippen molar-refractivity contribution < 1.29 is 88.0 Å². The molecule has 1 heterocycles. The Morgan fingerprint density at radius 1 is 1.10 bits per heavy atom. The van der Waals surface area contributed by atoms with E-state index in [2.05, 4.69) is 0 Å². The van der Waals surface area contributed by atoms with Crippen molar-refractivity contribution >= 4 is 17.7 Å². The number of aliphatic hydroxyl groups is 3. The number of carbonyl (C=O) groups excluding carboxylic acids is 3. The van der Waals surface area contributed by atoms with E-state index < -0.39 is 70.1 Å². The molecular formula is C30H38AcO9. The Kier molecular flexibility index (Phi) is 8.37. The summed E-state index contributed by atoms with van der Waals surface area (Å²) in [6, 6.07) is 8.29. The number of hydrogen-bond donors (Lipinski definition) is 3. The van der Waals surface area contributed by atoms with Gasteiger partial charge in [-0.2, -0.15) is 0 Å². The molecule has 4 aliphatic rings. The molecular weight excluding hydrogens is 731 g/mol. The first-order valence-electron chi connectivity index (χ1n) is 13.5. The Hall–Kier alpha value is -1.15. The summed E-state index contributed by atoms with van der Waals surface area (Å²) in [5, 5.41) is 36.0. The SMILES string of the molecule is CC(=O)O[C@@]12CO[C@@H]1C[C@H](O)[C@@]1(C)C(=O)[C@H](O)C3=C(C)[C@@H](C)C[C@@](O)([C@@H](OC(=O)c4ccccc4)C12)C3(C)C.[Ac]. The topological polar surface area (TPSA) is 140 Å². The second-order valence-electron chi connectivity index (χ2n) is 12.6. The smallest absolute Gasteiger partial charge is 0.338 e. The van der Waals surface area contributed by atoms with Crippen molar-refractivity contribution in [2.75, 3.05) is 6.61 Å².